The molecule has 1 aromatic rings. The minimum Gasteiger partial charge on any atom is -0.481 e. The summed E-state index contributed by atoms with van der Waals surface area (Å²) in [6, 6.07) is 9.30. The molecule has 0 aromatic heterocycles. The van der Waals surface area contributed by atoms with E-state index in [1.165, 1.54) is 0 Å². The second-order valence-electron chi connectivity index (χ2n) is 6.14. The van der Waals surface area contributed by atoms with Gasteiger partial charge in [0.25, 0.3) is 0 Å². The van der Waals surface area contributed by atoms with E-state index in [4.69, 9.17) is 0 Å². The zero-order valence-corrected chi connectivity index (χ0v) is 13.5. The Bertz CT molecular complexity index is 474. The van der Waals surface area contributed by atoms with Crippen molar-refractivity contribution in [1.82, 2.24) is 5.43 Å². The number of benzene rings is 1. The lowest BCUT2D eigenvalue weighted by atomic mass is 9.85. The number of nitrogens with one attached hydrogen (secondary N) is 2. The Balaban J connectivity index is 2.44. The molecule has 1 aromatic carbocycles. The average molecular weight is 306 g/mol. The predicted octanol–water partition coefficient (Wildman–Crippen LogP) is 3.29. The highest BCUT2D eigenvalue weighted by molar-refractivity contribution is 5.79. The van der Waals surface area contributed by atoms with E-state index in [0.29, 0.717) is 12.3 Å². The van der Waals surface area contributed by atoms with Gasteiger partial charge in [-0.2, -0.15) is 0 Å². The molecule has 0 saturated carbocycles. The zero-order valence-electron chi connectivity index (χ0n) is 13.5. The van der Waals surface area contributed by atoms with E-state index >= 15 is 0 Å². The van der Waals surface area contributed by atoms with Crippen LogP contribution in [0.5, 0.6) is 0 Å². The Morgan fingerprint density at radius 3 is 2.27 bits per heavy atom. The molecular formula is C17H26N2O3. The molecule has 0 aliphatic carbocycles. The van der Waals surface area contributed by atoms with Gasteiger partial charge in [0.1, 0.15) is 0 Å². The molecule has 1 rings (SSSR count). The van der Waals surface area contributed by atoms with Gasteiger partial charge in [0, 0.05) is 6.42 Å². The van der Waals surface area contributed by atoms with Crippen LogP contribution in [0.25, 0.3) is 0 Å². The Labute approximate surface area is 132 Å². The lowest BCUT2D eigenvalue weighted by Crippen LogP contribution is -2.33. The molecular weight excluding hydrogens is 280 g/mol. The first-order chi connectivity index (χ1) is 10.4. The van der Waals surface area contributed by atoms with Crippen LogP contribution in [0.4, 0.5) is 5.69 Å². The third-order valence-corrected chi connectivity index (χ3v) is 3.69. The van der Waals surface area contributed by atoms with Gasteiger partial charge < -0.3 is 5.11 Å². The summed E-state index contributed by atoms with van der Waals surface area (Å²) in [7, 11) is 0. The fourth-order valence-electron chi connectivity index (χ4n) is 2.31. The maximum atomic E-state index is 11.9. The summed E-state index contributed by atoms with van der Waals surface area (Å²) in [4.78, 5) is 23.3. The number of anilines is 1. The van der Waals surface area contributed by atoms with Gasteiger partial charge >= 0.3 is 5.97 Å². The van der Waals surface area contributed by atoms with Crippen LogP contribution in [0.15, 0.2) is 30.3 Å². The predicted molar refractivity (Wildman–Crippen MR) is 87.2 cm³/mol. The Morgan fingerprint density at radius 1 is 1.09 bits per heavy atom. The zero-order chi connectivity index (χ0) is 16.5. The number of rotatable bonds is 9. The topological polar surface area (TPSA) is 78.4 Å². The lowest BCUT2D eigenvalue weighted by molar-refractivity contribution is -0.144. The van der Waals surface area contributed by atoms with Crippen molar-refractivity contribution in [2.75, 3.05) is 5.43 Å². The fourth-order valence-corrected chi connectivity index (χ4v) is 2.31. The van der Waals surface area contributed by atoms with Crippen LogP contribution in [0, 0.1) is 17.8 Å². The summed E-state index contributed by atoms with van der Waals surface area (Å²) in [5.74, 6) is -1.24. The first kappa shape index (κ1) is 18.0. The Morgan fingerprint density at radius 2 is 1.73 bits per heavy atom. The number of hydrogen-bond acceptors (Lipinski definition) is 3. The number of carbonyl (C=O) groups is 2. The molecule has 1 amide bonds. The van der Waals surface area contributed by atoms with Gasteiger partial charge in [0.2, 0.25) is 5.91 Å². The van der Waals surface area contributed by atoms with Crippen LogP contribution in [-0.4, -0.2) is 17.0 Å². The summed E-state index contributed by atoms with van der Waals surface area (Å²) in [6.45, 7) is 5.96. The summed E-state index contributed by atoms with van der Waals surface area (Å²) in [6.07, 6.45) is 1.65. The number of carbonyl (C=O) groups excluding carboxylic acids is 1. The van der Waals surface area contributed by atoms with E-state index in [-0.39, 0.29) is 18.2 Å². The third kappa shape index (κ3) is 6.61. The minimum absolute atomic E-state index is 0.189. The first-order valence-corrected chi connectivity index (χ1v) is 7.72. The highest BCUT2D eigenvalue weighted by Crippen LogP contribution is 2.23. The average Bonchev–Trinajstić information content (AvgIpc) is 2.45. The molecule has 2 atom stereocenters. The van der Waals surface area contributed by atoms with Gasteiger partial charge in [0.05, 0.1) is 11.6 Å². The molecule has 0 heterocycles. The Kier molecular flexibility index (Phi) is 7.43. The van der Waals surface area contributed by atoms with Crippen LogP contribution in [0.1, 0.15) is 40.0 Å². The van der Waals surface area contributed by atoms with E-state index in [1.807, 2.05) is 37.3 Å². The van der Waals surface area contributed by atoms with E-state index in [1.54, 1.807) is 0 Å². The van der Waals surface area contributed by atoms with E-state index in [9.17, 15) is 14.7 Å². The number of hydrogen-bond donors (Lipinski definition) is 3. The second kappa shape index (κ2) is 9.07. The SMILES string of the molecule is CC(C)CC[C@H](C(=O)O)[C@@H](C)CC(=O)NNc1ccccc1. The standard InChI is InChI=1S/C17H26N2O3/c1-12(2)9-10-15(17(21)22)13(3)11-16(20)19-18-14-7-5-4-6-8-14/h4-8,12-13,15,18H,9-11H2,1-3H3,(H,19,20)(H,21,22)/t13-,15-/m0/s1. The van der Waals surface area contributed by atoms with Crippen LogP contribution in [0.3, 0.4) is 0 Å². The van der Waals surface area contributed by atoms with E-state index < -0.39 is 11.9 Å². The number of amides is 1. The minimum atomic E-state index is -0.822. The van der Waals surface area contributed by atoms with Gasteiger partial charge in [-0.05, 0) is 30.4 Å². The number of para-hydroxylation sites is 1. The molecule has 0 fully saturated rings. The third-order valence-electron chi connectivity index (χ3n) is 3.69. The van der Waals surface area contributed by atoms with Crippen molar-refractivity contribution in [2.24, 2.45) is 17.8 Å². The second-order valence-corrected chi connectivity index (χ2v) is 6.14. The smallest absolute Gasteiger partial charge is 0.306 e. The van der Waals surface area contributed by atoms with Crippen molar-refractivity contribution < 1.29 is 14.7 Å². The molecule has 5 nitrogen and oxygen atoms in total. The largest absolute Gasteiger partial charge is 0.481 e. The van der Waals surface area contributed by atoms with E-state index in [0.717, 1.165) is 12.1 Å². The molecule has 0 aliphatic heterocycles. The van der Waals surface area contributed by atoms with Crippen molar-refractivity contribution in [3.63, 3.8) is 0 Å². The molecule has 122 valence electrons. The highest BCUT2D eigenvalue weighted by Gasteiger charge is 2.26. The summed E-state index contributed by atoms with van der Waals surface area (Å²) in [5.41, 5.74) is 6.22. The first-order valence-electron chi connectivity index (χ1n) is 7.72. The number of carboxylic acid groups (broad SMARTS) is 1. The van der Waals surface area contributed by atoms with Gasteiger partial charge in [-0.1, -0.05) is 45.4 Å². The molecule has 0 radical (unpaired) electrons. The van der Waals surface area contributed by atoms with Gasteiger partial charge in [-0.25, -0.2) is 0 Å². The van der Waals surface area contributed by atoms with Crippen molar-refractivity contribution in [1.29, 1.82) is 0 Å². The number of aliphatic carboxylic acids is 1. The van der Waals surface area contributed by atoms with Gasteiger partial charge in [-0.15, -0.1) is 0 Å². The fraction of sp³-hybridized carbons (Fsp3) is 0.529. The molecule has 0 saturated heterocycles. The van der Waals surface area contributed by atoms with Gasteiger partial charge in [0.15, 0.2) is 0 Å². The van der Waals surface area contributed by atoms with Crippen molar-refractivity contribution in [3.8, 4) is 0 Å². The summed E-state index contributed by atoms with van der Waals surface area (Å²) < 4.78 is 0. The van der Waals surface area contributed by atoms with Crippen LogP contribution in [-0.2, 0) is 9.59 Å². The Hall–Kier alpha value is -2.04. The molecule has 0 spiro atoms. The molecule has 0 aliphatic rings. The van der Waals surface area contributed by atoms with Crippen LogP contribution < -0.4 is 10.9 Å². The lowest BCUT2D eigenvalue weighted by Gasteiger charge is -2.20. The maximum absolute atomic E-state index is 11.9. The van der Waals surface area contributed by atoms with Crippen LogP contribution >= 0.6 is 0 Å². The molecule has 22 heavy (non-hydrogen) atoms. The van der Waals surface area contributed by atoms with E-state index in [2.05, 4.69) is 24.7 Å². The molecule has 5 heteroatoms. The van der Waals surface area contributed by atoms with Crippen molar-refractivity contribution in [2.45, 2.75) is 40.0 Å². The van der Waals surface area contributed by atoms with Crippen molar-refractivity contribution in [3.05, 3.63) is 30.3 Å². The van der Waals surface area contributed by atoms with Crippen LogP contribution in [0.2, 0.25) is 0 Å². The summed E-state index contributed by atoms with van der Waals surface area (Å²) >= 11 is 0. The molecule has 0 bridgehead atoms. The van der Waals surface area contributed by atoms with Crippen molar-refractivity contribution >= 4 is 17.6 Å². The monoisotopic (exact) mass is 306 g/mol. The number of carboxylic acids is 1. The maximum Gasteiger partial charge on any atom is 0.306 e. The highest BCUT2D eigenvalue weighted by atomic mass is 16.4. The number of hydrazine groups is 1. The summed E-state index contributed by atoms with van der Waals surface area (Å²) in [5, 5.41) is 9.33. The molecule has 0 unspecified atom stereocenters. The van der Waals surface area contributed by atoms with Gasteiger partial charge in [-0.3, -0.25) is 20.4 Å². The molecule has 3 N–H and O–H groups in total. The normalized spacial score (nSPS) is 13.5. The quantitative estimate of drug-likeness (QED) is 0.612.